The van der Waals surface area contributed by atoms with Gasteiger partial charge in [-0.3, -0.25) is 4.40 Å². The highest BCUT2D eigenvalue weighted by molar-refractivity contribution is 6.32. The van der Waals surface area contributed by atoms with E-state index in [1.165, 1.54) is 38.5 Å². The van der Waals surface area contributed by atoms with Gasteiger partial charge in [0.05, 0.1) is 0 Å². The van der Waals surface area contributed by atoms with Gasteiger partial charge in [0.15, 0.2) is 10.8 Å². The molecule has 0 unspecified atom stereocenters. The van der Waals surface area contributed by atoms with Crippen molar-refractivity contribution in [3.63, 3.8) is 0 Å². The van der Waals surface area contributed by atoms with Crippen LogP contribution in [0.15, 0.2) is 12.4 Å². The van der Waals surface area contributed by atoms with Gasteiger partial charge in [-0.15, -0.1) is 10.2 Å². The SMILES string of the molecule is Clc1nccn2c(CC34CC5CC(CC(C5)C3)C4)nnc12. The summed E-state index contributed by atoms with van der Waals surface area (Å²) in [6, 6.07) is 0. The lowest BCUT2D eigenvalue weighted by molar-refractivity contribution is -0.0532. The molecule has 21 heavy (non-hydrogen) atoms. The summed E-state index contributed by atoms with van der Waals surface area (Å²) in [5.41, 5.74) is 1.17. The number of aromatic nitrogens is 4. The first-order valence-electron chi connectivity index (χ1n) is 8.05. The smallest absolute Gasteiger partial charge is 0.198 e. The van der Waals surface area contributed by atoms with Crippen LogP contribution >= 0.6 is 11.6 Å². The Morgan fingerprint density at radius 1 is 1.10 bits per heavy atom. The summed E-state index contributed by atoms with van der Waals surface area (Å²) in [5, 5.41) is 9.10. The predicted octanol–water partition coefficient (Wildman–Crippen LogP) is 3.54. The van der Waals surface area contributed by atoms with E-state index in [9.17, 15) is 0 Å². The van der Waals surface area contributed by atoms with Gasteiger partial charge in [-0.2, -0.15) is 0 Å². The molecule has 0 atom stereocenters. The Bertz CT molecular complexity index is 672. The third-order valence-corrected chi connectivity index (χ3v) is 6.32. The highest BCUT2D eigenvalue weighted by Crippen LogP contribution is 2.60. The van der Waals surface area contributed by atoms with E-state index in [-0.39, 0.29) is 0 Å². The van der Waals surface area contributed by atoms with Crippen LogP contribution in [0.4, 0.5) is 0 Å². The van der Waals surface area contributed by atoms with Crippen molar-refractivity contribution in [1.82, 2.24) is 19.6 Å². The molecule has 4 aliphatic rings. The minimum absolute atomic E-state index is 0.446. The van der Waals surface area contributed by atoms with Gasteiger partial charge >= 0.3 is 0 Å². The predicted molar refractivity (Wildman–Crippen MR) is 80.1 cm³/mol. The molecule has 4 bridgehead atoms. The van der Waals surface area contributed by atoms with Gasteiger partial charge in [0.25, 0.3) is 0 Å². The van der Waals surface area contributed by atoms with Gasteiger partial charge < -0.3 is 0 Å². The maximum Gasteiger partial charge on any atom is 0.198 e. The Hall–Kier alpha value is -1.16. The van der Waals surface area contributed by atoms with Crippen molar-refractivity contribution in [2.45, 2.75) is 44.9 Å². The molecule has 0 aliphatic heterocycles. The number of nitrogens with zero attached hydrogens (tertiary/aromatic N) is 4. The molecule has 0 spiro atoms. The molecule has 110 valence electrons. The van der Waals surface area contributed by atoms with E-state index in [0.717, 1.165) is 30.0 Å². The molecule has 0 aromatic carbocycles. The molecule has 2 aromatic heterocycles. The fourth-order valence-electron chi connectivity index (χ4n) is 5.81. The van der Waals surface area contributed by atoms with Crippen LogP contribution in [0.2, 0.25) is 5.15 Å². The summed E-state index contributed by atoms with van der Waals surface area (Å²) >= 11 is 6.11. The maximum absolute atomic E-state index is 6.11. The first-order valence-corrected chi connectivity index (χ1v) is 8.43. The summed E-state index contributed by atoms with van der Waals surface area (Å²) < 4.78 is 2.04. The average Bonchev–Trinajstić information content (AvgIpc) is 2.81. The van der Waals surface area contributed by atoms with Gasteiger partial charge in [-0.25, -0.2) is 4.98 Å². The molecule has 0 amide bonds. The van der Waals surface area contributed by atoms with E-state index in [0.29, 0.717) is 16.2 Å². The van der Waals surface area contributed by atoms with Crippen molar-refractivity contribution < 1.29 is 0 Å². The van der Waals surface area contributed by atoms with Crippen molar-refractivity contribution >= 4 is 17.2 Å². The fourth-order valence-corrected chi connectivity index (χ4v) is 5.99. The molecule has 6 rings (SSSR count). The van der Waals surface area contributed by atoms with Crippen molar-refractivity contribution in [1.29, 1.82) is 0 Å². The summed E-state index contributed by atoms with van der Waals surface area (Å²) in [6.07, 6.45) is 13.4. The van der Waals surface area contributed by atoms with Gasteiger partial charge in [-0.05, 0) is 61.7 Å². The second-order valence-corrected chi connectivity index (χ2v) is 7.98. The Balaban J connectivity index is 1.52. The lowest BCUT2D eigenvalue weighted by Crippen LogP contribution is -2.47. The number of halogens is 1. The molecule has 2 heterocycles. The third kappa shape index (κ3) is 1.84. The van der Waals surface area contributed by atoms with E-state index < -0.39 is 0 Å². The Morgan fingerprint density at radius 2 is 1.76 bits per heavy atom. The Morgan fingerprint density at radius 3 is 2.43 bits per heavy atom. The number of hydrogen-bond donors (Lipinski definition) is 0. The van der Waals surface area contributed by atoms with Crippen LogP contribution in [0.5, 0.6) is 0 Å². The van der Waals surface area contributed by atoms with Crippen LogP contribution in [-0.4, -0.2) is 19.6 Å². The van der Waals surface area contributed by atoms with Crippen molar-refractivity contribution in [3.8, 4) is 0 Å². The zero-order valence-electron chi connectivity index (χ0n) is 12.0. The number of fused-ring (bicyclic) bond motifs is 1. The topological polar surface area (TPSA) is 43.1 Å². The molecular weight excluding hydrogens is 284 g/mol. The van der Waals surface area contributed by atoms with Crippen LogP contribution in [0.3, 0.4) is 0 Å². The minimum atomic E-state index is 0.446. The van der Waals surface area contributed by atoms with Crippen LogP contribution in [0, 0.1) is 23.2 Å². The first kappa shape index (κ1) is 12.4. The monoisotopic (exact) mass is 302 g/mol. The summed E-state index contributed by atoms with van der Waals surface area (Å²) in [6.45, 7) is 0. The zero-order chi connectivity index (χ0) is 14.0. The van der Waals surface area contributed by atoms with E-state index in [1.807, 2.05) is 10.6 Å². The lowest BCUT2D eigenvalue weighted by Gasteiger charge is -2.56. The van der Waals surface area contributed by atoms with E-state index in [1.54, 1.807) is 6.20 Å². The third-order valence-electron chi connectivity index (χ3n) is 6.05. The quantitative estimate of drug-likeness (QED) is 0.852. The molecule has 4 fully saturated rings. The largest absolute Gasteiger partial charge is 0.282 e. The zero-order valence-corrected chi connectivity index (χ0v) is 12.8. The summed E-state index contributed by atoms with van der Waals surface area (Å²) in [7, 11) is 0. The summed E-state index contributed by atoms with van der Waals surface area (Å²) in [4.78, 5) is 4.09. The van der Waals surface area contributed by atoms with E-state index in [4.69, 9.17) is 11.6 Å². The summed E-state index contributed by atoms with van der Waals surface area (Å²) in [5.74, 6) is 3.98. The Kier molecular flexibility index (Phi) is 2.47. The molecule has 0 radical (unpaired) electrons. The minimum Gasteiger partial charge on any atom is -0.282 e. The Labute approximate surface area is 128 Å². The maximum atomic E-state index is 6.11. The van der Waals surface area contributed by atoms with Crippen LogP contribution in [0.1, 0.15) is 44.3 Å². The van der Waals surface area contributed by atoms with Crippen molar-refractivity contribution in [3.05, 3.63) is 23.4 Å². The van der Waals surface area contributed by atoms with Gasteiger partial charge in [0.1, 0.15) is 5.82 Å². The van der Waals surface area contributed by atoms with E-state index in [2.05, 4.69) is 15.2 Å². The van der Waals surface area contributed by atoms with Crippen molar-refractivity contribution in [2.75, 3.05) is 0 Å². The molecule has 0 N–H and O–H groups in total. The molecule has 2 aromatic rings. The molecule has 5 heteroatoms. The highest BCUT2D eigenvalue weighted by Gasteiger charge is 2.51. The van der Waals surface area contributed by atoms with Crippen LogP contribution in [0.25, 0.3) is 5.65 Å². The van der Waals surface area contributed by atoms with Gasteiger partial charge in [-0.1, -0.05) is 11.6 Å². The van der Waals surface area contributed by atoms with Crippen LogP contribution in [-0.2, 0) is 6.42 Å². The lowest BCUT2D eigenvalue weighted by atomic mass is 9.49. The average molecular weight is 303 g/mol. The molecule has 4 nitrogen and oxygen atoms in total. The van der Waals surface area contributed by atoms with Gasteiger partial charge in [0.2, 0.25) is 0 Å². The second-order valence-electron chi connectivity index (χ2n) is 7.62. The molecule has 0 saturated heterocycles. The number of hydrogen-bond acceptors (Lipinski definition) is 3. The molecular formula is C16H19ClN4. The van der Waals surface area contributed by atoms with Gasteiger partial charge in [0, 0.05) is 18.8 Å². The highest BCUT2D eigenvalue weighted by atomic mass is 35.5. The standard InChI is InChI=1S/C16H19ClN4/c17-14-15-20-19-13(21(15)2-1-18-14)9-16-6-10-3-11(7-16)5-12(4-10)8-16/h1-2,10-12H,3-9H2. The fraction of sp³-hybridized carbons (Fsp3) is 0.688. The molecule has 4 aliphatic carbocycles. The number of rotatable bonds is 2. The van der Waals surface area contributed by atoms with Crippen LogP contribution < -0.4 is 0 Å². The van der Waals surface area contributed by atoms with Crippen molar-refractivity contribution in [2.24, 2.45) is 23.2 Å². The normalized spacial score (nSPS) is 37.5. The van der Waals surface area contributed by atoms with E-state index >= 15 is 0 Å². The first-order chi connectivity index (χ1) is 10.2. The second kappa shape index (κ2) is 4.19. The molecule has 4 saturated carbocycles.